The first kappa shape index (κ1) is 15.7. The summed E-state index contributed by atoms with van der Waals surface area (Å²) < 4.78 is 1.92. The summed E-state index contributed by atoms with van der Waals surface area (Å²) in [5.41, 5.74) is 8.45. The zero-order chi connectivity index (χ0) is 16.1. The van der Waals surface area contributed by atoms with E-state index in [1.807, 2.05) is 29.1 Å². The Balaban J connectivity index is 2.04. The average Bonchev–Trinajstić information content (AvgIpc) is 2.95. The van der Waals surface area contributed by atoms with Gasteiger partial charge in [-0.1, -0.05) is 31.5 Å². The smallest absolute Gasteiger partial charge is 0.146 e. The van der Waals surface area contributed by atoms with E-state index in [0.717, 1.165) is 59.9 Å². The number of nitrogens with zero attached hydrogens (tertiary/aromatic N) is 3. The molecule has 0 aliphatic rings. The minimum absolute atomic E-state index is 0.651. The molecule has 2 heterocycles. The summed E-state index contributed by atoms with van der Waals surface area (Å²) in [6.45, 7) is 3.54. The van der Waals surface area contributed by atoms with Crippen molar-refractivity contribution < 1.29 is 4.84 Å². The van der Waals surface area contributed by atoms with E-state index >= 15 is 0 Å². The van der Waals surface area contributed by atoms with Crippen LogP contribution in [0.3, 0.4) is 0 Å². The van der Waals surface area contributed by atoms with E-state index in [-0.39, 0.29) is 0 Å². The predicted molar refractivity (Wildman–Crippen MR) is 93.4 cm³/mol. The Labute approximate surface area is 136 Å². The van der Waals surface area contributed by atoms with Gasteiger partial charge in [0.05, 0.1) is 11.7 Å². The van der Waals surface area contributed by atoms with Gasteiger partial charge < -0.3 is 10.6 Å². The number of aromatic nitrogens is 3. The topological polar surface area (TPSA) is 66.0 Å². The van der Waals surface area contributed by atoms with Gasteiger partial charge in [0.15, 0.2) is 0 Å². The van der Waals surface area contributed by atoms with Gasteiger partial charge >= 0.3 is 0 Å². The highest BCUT2D eigenvalue weighted by molar-refractivity contribution is 6.02. The number of rotatable bonds is 8. The molecule has 0 amide bonds. The Kier molecular flexibility index (Phi) is 5.08. The van der Waals surface area contributed by atoms with E-state index in [1.54, 1.807) is 0 Å². The predicted octanol–water partition coefficient (Wildman–Crippen LogP) is 3.09. The Morgan fingerprint density at radius 2 is 2.00 bits per heavy atom. The number of para-hydroxylation sites is 1. The van der Waals surface area contributed by atoms with Crippen LogP contribution in [0, 0.1) is 0 Å². The van der Waals surface area contributed by atoms with Crippen LogP contribution < -0.4 is 10.6 Å². The van der Waals surface area contributed by atoms with Crippen molar-refractivity contribution >= 4 is 21.9 Å². The van der Waals surface area contributed by atoms with Crippen molar-refractivity contribution in [2.45, 2.75) is 39.0 Å². The van der Waals surface area contributed by atoms with Gasteiger partial charge in [-0.3, -0.25) is 4.98 Å². The minimum atomic E-state index is 0.651. The maximum Gasteiger partial charge on any atom is 0.146 e. The molecule has 0 saturated carbocycles. The van der Waals surface area contributed by atoms with Crippen molar-refractivity contribution in [3.05, 3.63) is 36.3 Å². The Morgan fingerprint density at radius 3 is 2.83 bits per heavy atom. The molecule has 0 atom stereocenters. The summed E-state index contributed by atoms with van der Waals surface area (Å²) in [5.74, 6) is 0.979. The molecule has 23 heavy (non-hydrogen) atoms. The minimum Gasteiger partial charge on any atom is -0.412 e. The summed E-state index contributed by atoms with van der Waals surface area (Å²) in [6, 6.07) is 8.13. The van der Waals surface area contributed by atoms with Crippen molar-refractivity contribution in [1.29, 1.82) is 0 Å². The molecule has 0 saturated heterocycles. The summed E-state index contributed by atoms with van der Waals surface area (Å²) in [7, 11) is 0. The number of benzene rings is 1. The average molecular weight is 312 g/mol. The molecule has 0 spiro atoms. The zero-order valence-corrected chi connectivity index (χ0v) is 13.7. The van der Waals surface area contributed by atoms with Crippen LogP contribution in [0.15, 0.2) is 30.5 Å². The second-order valence-electron chi connectivity index (χ2n) is 5.76. The first-order valence-electron chi connectivity index (χ1n) is 8.43. The molecule has 5 heteroatoms. The third-order valence-electron chi connectivity index (χ3n) is 3.99. The van der Waals surface area contributed by atoms with Crippen LogP contribution in [0.1, 0.15) is 38.4 Å². The molecule has 0 radical (unpaired) electrons. The number of imidazole rings is 1. The molecule has 3 rings (SSSR count). The van der Waals surface area contributed by atoms with Crippen molar-refractivity contribution in [3.8, 4) is 0 Å². The number of unbranched alkanes of at least 4 members (excludes halogenated alkanes) is 2. The summed E-state index contributed by atoms with van der Waals surface area (Å²) in [6.07, 6.45) is 6.91. The SMILES string of the molecule is CCCCc1nc2cnc3ccccc3c2n1OCCCCN. The van der Waals surface area contributed by atoms with Crippen LogP contribution in [0.5, 0.6) is 0 Å². The van der Waals surface area contributed by atoms with Gasteiger partial charge in [-0.15, -0.1) is 0 Å². The van der Waals surface area contributed by atoms with Crippen molar-refractivity contribution in [1.82, 2.24) is 14.7 Å². The van der Waals surface area contributed by atoms with Gasteiger partial charge in [0, 0.05) is 11.8 Å². The lowest BCUT2D eigenvalue weighted by Gasteiger charge is -2.11. The summed E-state index contributed by atoms with van der Waals surface area (Å²) in [5, 5.41) is 1.08. The number of hydrogen-bond acceptors (Lipinski definition) is 4. The summed E-state index contributed by atoms with van der Waals surface area (Å²) >= 11 is 0. The molecule has 3 aromatic rings. The van der Waals surface area contributed by atoms with Crippen molar-refractivity contribution in [2.75, 3.05) is 13.2 Å². The van der Waals surface area contributed by atoms with Crippen LogP contribution in [0.2, 0.25) is 0 Å². The molecule has 2 aromatic heterocycles. The lowest BCUT2D eigenvalue weighted by atomic mass is 10.2. The lowest BCUT2D eigenvalue weighted by Crippen LogP contribution is -2.17. The maximum atomic E-state index is 6.07. The molecule has 122 valence electrons. The Hall–Kier alpha value is -2.14. The molecule has 0 unspecified atom stereocenters. The zero-order valence-electron chi connectivity index (χ0n) is 13.7. The maximum absolute atomic E-state index is 6.07. The number of aryl methyl sites for hydroxylation is 1. The molecule has 0 fully saturated rings. The number of hydrogen-bond donors (Lipinski definition) is 1. The van der Waals surface area contributed by atoms with E-state index < -0.39 is 0 Å². The standard InChI is InChI=1S/C18H24N4O/c1-2-3-10-17-21-16-13-20-15-9-5-4-8-14(15)18(16)22(17)23-12-7-6-11-19/h4-5,8-9,13H,2-3,6-7,10-12,19H2,1H3. The van der Waals surface area contributed by atoms with Gasteiger partial charge in [0.2, 0.25) is 0 Å². The van der Waals surface area contributed by atoms with Gasteiger partial charge in [0.25, 0.3) is 0 Å². The van der Waals surface area contributed by atoms with Gasteiger partial charge in [0.1, 0.15) is 23.5 Å². The van der Waals surface area contributed by atoms with Crippen LogP contribution >= 0.6 is 0 Å². The highest BCUT2D eigenvalue weighted by atomic mass is 16.7. The van der Waals surface area contributed by atoms with Gasteiger partial charge in [-0.05, 0) is 31.9 Å². The van der Waals surface area contributed by atoms with E-state index in [2.05, 4.69) is 18.0 Å². The quantitative estimate of drug-likeness (QED) is 0.649. The first-order chi connectivity index (χ1) is 11.3. The highest BCUT2D eigenvalue weighted by Crippen LogP contribution is 2.24. The fourth-order valence-electron chi connectivity index (χ4n) is 2.76. The number of fused-ring (bicyclic) bond motifs is 3. The third-order valence-corrected chi connectivity index (χ3v) is 3.99. The largest absolute Gasteiger partial charge is 0.412 e. The lowest BCUT2D eigenvalue weighted by molar-refractivity contribution is 0.109. The molecule has 2 N–H and O–H groups in total. The van der Waals surface area contributed by atoms with Crippen LogP contribution in [0.4, 0.5) is 0 Å². The highest BCUT2D eigenvalue weighted by Gasteiger charge is 2.15. The van der Waals surface area contributed by atoms with Crippen LogP contribution in [0.25, 0.3) is 21.9 Å². The fraction of sp³-hybridized carbons (Fsp3) is 0.444. The number of pyridine rings is 1. The van der Waals surface area contributed by atoms with Crippen molar-refractivity contribution in [2.24, 2.45) is 5.73 Å². The van der Waals surface area contributed by atoms with E-state index in [4.69, 9.17) is 15.6 Å². The molecule has 0 aliphatic heterocycles. The monoisotopic (exact) mass is 312 g/mol. The summed E-state index contributed by atoms with van der Waals surface area (Å²) in [4.78, 5) is 15.3. The first-order valence-corrected chi connectivity index (χ1v) is 8.43. The van der Waals surface area contributed by atoms with E-state index in [0.29, 0.717) is 13.2 Å². The van der Waals surface area contributed by atoms with Gasteiger partial charge in [-0.25, -0.2) is 4.98 Å². The molecular weight excluding hydrogens is 288 g/mol. The van der Waals surface area contributed by atoms with Crippen LogP contribution in [-0.4, -0.2) is 27.9 Å². The van der Waals surface area contributed by atoms with Gasteiger partial charge in [-0.2, -0.15) is 4.73 Å². The third kappa shape index (κ3) is 3.29. The normalized spacial score (nSPS) is 11.4. The number of nitrogens with two attached hydrogens (primary N) is 1. The second-order valence-corrected chi connectivity index (χ2v) is 5.76. The van der Waals surface area contributed by atoms with E-state index in [9.17, 15) is 0 Å². The van der Waals surface area contributed by atoms with Crippen molar-refractivity contribution in [3.63, 3.8) is 0 Å². The fourth-order valence-corrected chi connectivity index (χ4v) is 2.76. The second kappa shape index (κ2) is 7.42. The Morgan fingerprint density at radius 1 is 1.13 bits per heavy atom. The molecule has 0 bridgehead atoms. The molecule has 0 aliphatic carbocycles. The molecule has 1 aromatic carbocycles. The van der Waals surface area contributed by atoms with Crippen LogP contribution in [-0.2, 0) is 6.42 Å². The molecule has 5 nitrogen and oxygen atoms in total. The van der Waals surface area contributed by atoms with E-state index in [1.165, 1.54) is 0 Å². The Bertz CT molecular complexity index is 781. The molecular formula is C18H24N4O.